The van der Waals surface area contributed by atoms with Gasteiger partial charge in [-0.15, -0.1) is 0 Å². The second-order valence-corrected chi connectivity index (χ2v) is 30.0. The molecule has 8 rings (SSSR count). The normalized spacial score (nSPS) is 13.6. The fourth-order valence-corrected chi connectivity index (χ4v) is 11.1. The van der Waals surface area contributed by atoms with Crippen molar-refractivity contribution in [2.45, 2.75) is 196 Å². The molecule has 15 nitrogen and oxygen atoms in total. The van der Waals surface area contributed by atoms with E-state index in [-0.39, 0.29) is 253 Å². The van der Waals surface area contributed by atoms with Crippen LogP contribution < -0.4 is 0 Å². The maximum atomic E-state index is 12.7. The smallest absolute Gasteiger partial charge is 0.454 e. The Bertz CT molecular complexity index is 4730. The quantitative estimate of drug-likeness (QED) is 0.0198. The van der Waals surface area contributed by atoms with Crippen LogP contribution in [0.2, 0.25) is 0 Å². The molecule has 0 amide bonds. The number of rotatable bonds is 16. The van der Waals surface area contributed by atoms with Crippen LogP contribution in [0.25, 0.3) is 33.4 Å². The summed E-state index contributed by atoms with van der Waals surface area (Å²) in [6.07, 6.45) is -49.0. The molecule has 5 N–H and O–H groups in total. The summed E-state index contributed by atoms with van der Waals surface area (Å²) in [6.45, 7) is 13.4. The van der Waals surface area contributed by atoms with Gasteiger partial charge in [0, 0.05) is 305 Å². The van der Waals surface area contributed by atoms with E-state index in [2.05, 4.69) is 59.7 Å². The average molecular weight is 2810 g/mol. The van der Waals surface area contributed by atoms with Crippen LogP contribution in [-0.4, -0.2) is 146 Å². The number of ketones is 5. The van der Waals surface area contributed by atoms with Gasteiger partial charge in [0.25, 0.3) is 28.9 Å². The molecule has 0 spiro atoms. The molecule has 141 heavy (non-hydrogen) atoms. The first kappa shape index (κ1) is 150. The molecule has 0 unspecified atom stereocenters. The van der Waals surface area contributed by atoms with Crippen LogP contribution in [0.15, 0.2) is 193 Å². The largest absolute Gasteiger partial charge is 0.504 e. The maximum absolute atomic E-state index is 12.7. The predicted molar refractivity (Wildman–Crippen MR) is 423 cm³/mol. The molecule has 0 aromatic heterocycles. The van der Waals surface area contributed by atoms with Crippen molar-refractivity contribution in [3.8, 4) is 33.4 Å². The first-order valence-corrected chi connectivity index (χ1v) is 39.4. The van der Waals surface area contributed by atoms with Gasteiger partial charge in [0.05, 0.1) is 5.56 Å². The number of aldehydes is 3. The summed E-state index contributed by atoms with van der Waals surface area (Å²) in [4.78, 5) is 82.5. The third-order valence-corrected chi connectivity index (χ3v) is 18.4. The van der Waals surface area contributed by atoms with Gasteiger partial charge in [-0.2, -0.15) is 145 Å². The van der Waals surface area contributed by atoms with Crippen LogP contribution in [0, 0.1) is 253 Å². The number of alkyl halides is 33. The first-order valence-electron chi connectivity index (χ1n) is 37.6. The van der Waals surface area contributed by atoms with Gasteiger partial charge in [-0.05, 0) is 118 Å². The van der Waals surface area contributed by atoms with Crippen molar-refractivity contribution in [2.24, 2.45) is 0 Å². The van der Waals surface area contributed by atoms with Gasteiger partial charge < -0.3 is 25.5 Å². The molecule has 789 valence electrons. The van der Waals surface area contributed by atoms with Crippen molar-refractivity contribution >= 4 is 64.7 Å². The van der Waals surface area contributed by atoms with E-state index in [4.69, 9.17) is 25.5 Å². The number of hydrogen-bond donors (Lipinski definition) is 5. The van der Waals surface area contributed by atoms with Crippen LogP contribution in [0.1, 0.15) is 170 Å². The molecule has 0 saturated heterocycles. The number of allylic oxidation sites excluding steroid dienone is 10. The molecular weight excluding hydrogens is 2730 g/mol. The summed E-state index contributed by atoms with van der Waals surface area (Å²) in [5.74, 6) is -25.6. The van der Waals surface area contributed by atoms with Gasteiger partial charge in [-0.25, -0.2) is 4.39 Å². The number of aliphatic hydroxyl groups excluding tert-OH is 5. The van der Waals surface area contributed by atoms with Gasteiger partial charge >= 0.3 is 67.9 Å². The van der Waals surface area contributed by atoms with E-state index in [9.17, 15) is 197 Å². The molecule has 2 aliphatic carbocycles. The minimum atomic E-state index is -5.42. The van der Waals surface area contributed by atoms with E-state index in [0.29, 0.717) is 74.5 Å². The van der Waals surface area contributed by atoms with Crippen molar-refractivity contribution in [2.75, 3.05) is 0 Å². The Morgan fingerprint density at radius 3 is 0.709 bits per heavy atom. The summed E-state index contributed by atoms with van der Waals surface area (Å²) < 4.78 is 411. The van der Waals surface area contributed by atoms with E-state index in [0.717, 1.165) is 47.0 Å². The van der Waals surface area contributed by atoms with E-state index < -0.39 is 162 Å². The second kappa shape index (κ2) is 68.8. The summed E-state index contributed by atoms with van der Waals surface area (Å²) >= 11 is 0. The third-order valence-electron chi connectivity index (χ3n) is 16.7. The number of carbonyl (C=O) groups is 8. The van der Waals surface area contributed by atoms with Gasteiger partial charge in [0.2, 0.25) is 28.8 Å². The molecular formula is C85H76Eu5F34O15P2. The summed E-state index contributed by atoms with van der Waals surface area (Å²) in [7, 11) is 0.748. The number of carbonyl (C=O) groups excluding carboxylic acids is 8. The molecule has 0 heterocycles. The zero-order chi connectivity index (χ0) is 106. The molecule has 2 aliphatic rings. The van der Waals surface area contributed by atoms with E-state index in [1.807, 2.05) is 30.3 Å². The summed E-state index contributed by atoms with van der Waals surface area (Å²) in [5, 5.41) is 39.7. The third kappa shape index (κ3) is 61.1. The van der Waals surface area contributed by atoms with Crippen molar-refractivity contribution in [3.05, 3.63) is 237 Å². The predicted octanol–water partition coefficient (Wildman–Crippen LogP) is 29.5. The zero-order valence-corrected chi connectivity index (χ0v) is 85.9. The molecule has 2 saturated carbocycles. The Kier molecular flexibility index (Phi) is 73.2. The fraction of sp³-hybridized carbons (Fsp3) is 0.365. The van der Waals surface area contributed by atoms with Crippen molar-refractivity contribution < 1.29 is 469 Å². The molecule has 0 aliphatic heterocycles. The second-order valence-electron chi connectivity index (χ2n) is 28.1. The van der Waals surface area contributed by atoms with Gasteiger partial charge in [-0.3, -0.25) is 47.5 Å². The Morgan fingerprint density at radius 2 is 0.518 bits per heavy atom. The Labute approximate surface area is 987 Å². The standard InChI is InChI=1S/C22H28O.C14H9F3O.C13H9FO.C6H11OP.5C5H2F6O2.C5H9OP.5Eu/c1-14(2)18-11-20(15(3)4)22(21(12-18)16(5)6)19-10-8-7-9-17(19)13-23;15-14(16,17)12-7-5-10(6-8-12)13-4-2-1-3-11(13)9-18;14-12-7-5-10(6-8-12)13-4-2-1-3-11(13)9-15;7-8-6-4-2-1-3-5-6;5*6-4(7,8)2(12)1-3(13)5(9,10)11;6-7-5-3-1-2-4-5;;;;;/h7-16H,1-6H3;1-9H;1-9H;6H,1-5H2;5*1,12H;5H,1-4H2;;;;;. The molecule has 56 heteroatoms. The SMILES string of the molecule is CC(C)c1cc(C(C)C)c(-c2ccccc2C=O)c(C(C)C)c1.O=C(C=C(O)C(F)(F)F)C(F)(F)F.O=C(C=C(O)C(F)(F)F)C(F)(F)F.O=C(C=C(O)C(F)(F)F)C(F)(F)F.O=C(C=C(O)C(F)(F)F)C(F)(F)F.O=C(C=C(O)C(F)(F)F)C(F)(F)F.O=Cc1ccccc1-c1ccc(C(F)(F)F)cc1.O=Cc1ccccc1-c1ccc(F)cc1.O=PC1CCCC1.O=PC1CCCCC1.[Eu].[Eu].[Eu].[Eu].[Eu]. The van der Waals surface area contributed by atoms with Gasteiger partial charge in [-0.1, -0.05) is 183 Å². The zero-order valence-electron chi connectivity index (χ0n) is 72.0. The number of aliphatic hydroxyl groups is 5. The van der Waals surface area contributed by atoms with E-state index in [1.54, 1.807) is 48.5 Å². The molecule has 0 bridgehead atoms. The molecule has 2 fully saturated rings. The van der Waals surface area contributed by atoms with E-state index in [1.165, 1.54) is 104 Å². The summed E-state index contributed by atoms with van der Waals surface area (Å²) in [5.41, 5.74) is 11.4. The summed E-state index contributed by atoms with van der Waals surface area (Å²) in [6, 6.07) is 37.5. The van der Waals surface area contributed by atoms with Crippen LogP contribution >= 0.6 is 16.9 Å². The van der Waals surface area contributed by atoms with Gasteiger partial charge in [0.15, 0.2) is 35.8 Å². The average Bonchev–Trinajstić information content (AvgIpc) is 0.942. The molecule has 0 atom stereocenters. The Balaban J connectivity index is -0.000000286. The first-order chi connectivity index (χ1) is 61.8. The molecule has 6 aromatic rings. The minimum absolute atomic E-state index is 0. The number of benzene rings is 6. The van der Waals surface area contributed by atoms with Crippen LogP contribution in [0.3, 0.4) is 0 Å². The Hall–Kier alpha value is -3.88. The van der Waals surface area contributed by atoms with Gasteiger partial charge in [0.1, 0.15) is 5.82 Å². The Morgan fingerprint density at radius 1 is 0.305 bits per heavy atom. The van der Waals surface area contributed by atoms with Crippen LogP contribution in [0.5, 0.6) is 0 Å². The van der Waals surface area contributed by atoms with Crippen molar-refractivity contribution in [1.82, 2.24) is 0 Å². The molecule has 6 aromatic carbocycles. The maximum Gasteiger partial charge on any atom is 0.454 e. The topological polar surface area (TPSA) is 272 Å². The van der Waals surface area contributed by atoms with Crippen molar-refractivity contribution in [1.29, 1.82) is 0 Å². The van der Waals surface area contributed by atoms with Crippen LogP contribution in [0.4, 0.5) is 149 Å². The molecule has 5 radical (unpaired) electrons. The van der Waals surface area contributed by atoms with Crippen LogP contribution in [-0.2, 0) is 39.3 Å². The fourth-order valence-electron chi connectivity index (χ4n) is 9.92. The number of hydrogen-bond acceptors (Lipinski definition) is 15. The monoisotopic (exact) mass is 2810 g/mol. The van der Waals surface area contributed by atoms with Crippen molar-refractivity contribution in [3.63, 3.8) is 0 Å². The van der Waals surface area contributed by atoms with E-state index >= 15 is 0 Å². The number of halogens is 34. The minimum Gasteiger partial charge on any atom is -0.504 e.